The summed E-state index contributed by atoms with van der Waals surface area (Å²) in [5, 5.41) is 0. The molecule has 2 N–H and O–H groups in total. The van der Waals surface area contributed by atoms with E-state index in [1.165, 1.54) is 17.6 Å². The van der Waals surface area contributed by atoms with Crippen LogP contribution in [-0.2, 0) is 0 Å². The van der Waals surface area contributed by atoms with E-state index >= 15 is 0 Å². The second-order valence-corrected chi connectivity index (χ2v) is 5.76. The first kappa shape index (κ1) is 15.8. The first-order valence-electron chi connectivity index (χ1n) is 7.73. The molecule has 1 heterocycles. The lowest BCUT2D eigenvalue weighted by atomic mass is 9.89. The summed E-state index contributed by atoms with van der Waals surface area (Å²) in [7, 11) is 0. The number of hydrogen-bond acceptors (Lipinski definition) is 3. The van der Waals surface area contributed by atoms with Gasteiger partial charge in [-0.3, -0.25) is 0 Å². The minimum absolute atomic E-state index is 0. The van der Waals surface area contributed by atoms with Gasteiger partial charge in [0.2, 0.25) is 5.89 Å². The van der Waals surface area contributed by atoms with E-state index in [9.17, 15) is 0 Å². The van der Waals surface area contributed by atoms with Crippen LogP contribution >= 0.6 is 12.4 Å². The molecule has 3 aromatic rings. The molecule has 0 fully saturated rings. The number of allylic oxidation sites excluding steroid dienone is 1. The third kappa shape index (κ3) is 3.03. The molecule has 1 aliphatic rings. The number of para-hydroxylation sites is 2. The number of hydrogen-bond donors (Lipinski definition) is 1. The maximum absolute atomic E-state index is 6.21. The normalized spacial score (nSPS) is 17.6. The van der Waals surface area contributed by atoms with E-state index in [0.29, 0.717) is 5.89 Å². The summed E-state index contributed by atoms with van der Waals surface area (Å²) in [5.41, 5.74) is 11.4. The number of rotatable bonds is 2. The summed E-state index contributed by atoms with van der Waals surface area (Å²) >= 11 is 0. The van der Waals surface area contributed by atoms with Crippen molar-refractivity contribution in [2.45, 2.75) is 25.3 Å². The number of nitrogens with zero attached hydrogens (tertiary/aromatic N) is 1. The van der Waals surface area contributed by atoms with Gasteiger partial charge in [-0.25, -0.2) is 4.98 Å². The lowest BCUT2D eigenvalue weighted by Crippen LogP contribution is -2.23. The molecule has 0 aliphatic heterocycles. The quantitative estimate of drug-likeness (QED) is 0.735. The second-order valence-electron chi connectivity index (χ2n) is 5.76. The van der Waals surface area contributed by atoms with Gasteiger partial charge in [-0.1, -0.05) is 30.3 Å². The highest BCUT2D eigenvalue weighted by molar-refractivity contribution is 5.85. The van der Waals surface area contributed by atoms with Crippen LogP contribution in [0.15, 0.2) is 59.0 Å². The van der Waals surface area contributed by atoms with Crippen LogP contribution in [-0.4, -0.2) is 11.0 Å². The van der Waals surface area contributed by atoms with Gasteiger partial charge in [-0.2, -0.15) is 0 Å². The zero-order valence-corrected chi connectivity index (χ0v) is 13.6. The molecule has 0 saturated heterocycles. The summed E-state index contributed by atoms with van der Waals surface area (Å²) in [6.45, 7) is 0. The summed E-state index contributed by atoms with van der Waals surface area (Å²) in [6.07, 6.45) is 5.64. The van der Waals surface area contributed by atoms with Crippen molar-refractivity contribution >= 4 is 29.1 Å². The van der Waals surface area contributed by atoms with Gasteiger partial charge in [-0.05, 0) is 54.7 Å². The largest absolute Gasteiger partial charge is 0.436 e. The Balaban J connectivity index is 0.00000156. The third-order valence-electron chi connectivity index (χ3n) is 4.24. The predicted octanol–water partition coefficient (Wildman–Crippen LogP) is 4.81. The van der Waals surface area contributed by atoms with Crippen molar-refractivity contribution in [2.24, 2.45) is 5.73 Å². The maximum atomic E-state index is 6.21. The Morgan fingerprint density at radius 1 is 1.00 bits per heavy atom. The molecule has 4 heteroatoms. The second kappa shape index (κ2) is 6.57. The van der Waals surface area contributed by atoms with Crippen molar-refractivity contribution in [1.82, 2.24) is 4.98 Å². The summed E-state index contributed by atoms with van der Waals surface area (Å²) in [5.74, 6) is 0.662. The van der Waals surface area contributed by atoms with Crippen LogP contribution in [0.5, 0.6) is 0 Å². The number of benzene rings is 2. The molecule has 118 valence electrons. The number of fused-ring (bicyclic) bond motifs is 1. The maximum Gasteiger partial charge on any atom is 0.227 e. The lowest BCUT2D eigenvalue weighted by Gasteiger charge is -2.20. The Labute approximate surface area is 141 Å². The molecule has 0 spiro atoms. The molecule has 0 amide bonds. The van der Waals surface area contributed by atoms with Crippen molar-refractivity contribution in [3.63, 3.8) is 0 Å². The molecule has 1 aliphatic carbocycles. The van der Waals surface area contributed by atoms with Crippen molar-refractivity contribution in [3.8, 4) is 11.5 Å². The number of aromatic nitrogens is 1. The zero-order chi connectivity index (χ0) is 14.9. The van der Waals surface area contributed by atoms with Crippen LogP contribution in [0, 0.1) is 0 Å². The molecule has 2 aromatic carbocycles. The molecule has 1 unspecified atom stereocenters. The average molecular weight is 327 g/mol. The van der Waals surface area contributed by atoms with E-state index in [1.54, 1.807) is 0 Å². The van der Waals surface area contributed by atoms with E-state index < -0.39 is 0 Å². The molecular weight excluding hydrogens is 308 g/mol. The first-order valence-corrected chi connectivity index (χ1v) is 7.73. The Kier molecular flexibility index (Phi) is 4.51. The number of nitrogens with two attached hydrogens (primary N) is 1. The highest BCUT2D eigenvalue weighted by Gasteiger charge is 2.15. The van der Waals surface area contributed by atoms with Gasteiger partial charge in [-0.15, -0.1) is 12.4 Å². The average Bonchev–Trinajstić information content (AvgIpc) is 2.99. The molecule has 0 bridgehead atoms. The topological polar surface area (TPSA) is 52.0 Å². The summed E-state index contributed by atoms with van der Waals surface area (Å²) < 4.78 is 5.81. The molecular formula is C19H19ClN2O. The van der Waals surface area contributed by atoms with E-state index in [0.717, 1.165) is 29.5 Å². The molecule has 1 atom stereocenters. The van der Waals surface area contributed by atoms with Gasteiger partial charge >= 0.3 is 0 Å². The molecule has 0 radical (unpaired) electrons. The Hall–Kier alpha value is -2.10. The van der Waals surface area contributed by atoms with E-state index in [2.05, 4.69) is 35.3 Å². The van der Waals surface area contributed by atoms with E-state index in [4.69, 9.17) is 10.2 Å². The number of oxazole rings is 1. The Morgan fingerprint density at radius 3 is 2.48 bits per heavy atom. The zero-order valence-electron chi connectivity index (χ0n) is 12.7. The standard InChI is InChI=1S/C19H18N2O.ClH/c20-16-6-2-1-5-15(16)13-9-11-14(12-10-13)19-21-17-7-3-4-8-18(17)22-19;/h3-5,7-12,16H,1-2,6,20H2;1H. The Morgan fingerprint density at radius 2 is 1.74 bits per heavy atom. The van der Waals surface area contributed by atoms with Crippen molar-refractivity contribution < 1.29 is 4.42 Å². The Bertz CT molecular complexity index is 803. The highest BCUT2D eigenvalue weighted by Crippen LogP contribution is 2.29. The van der Waals surface area contributed by atoms with Crippen molar-refractivity contribution in [3.05, 3.63) is 60.2 Å². The fraction of sp³-hybridized carbons (Fsp3) is 0.211. The minimum Gasteiger partial charge on any atom is -0.436 e. The van der Waals surface area contributed by atoms with Crippen molar-refractivity contribution in [1.29, 1.82) is 0 Å². The summed E-state index contributed by atoms with van der Waals surface area (Å²) in [6, 6.07) is 16.3. The highest BCUT2D eigenvalue weighted by atomic mass is 35.5. The van der Waals surface area contributed by atoms with Gasteiger partial charge < -0.3 is 10.2 Å². The first-order chi connectivity index (χ1) is 10.8. The fourth-order valence-electron chi connectivity index (χ4n) is 3.04. The molecule has 1 aromatic heterocycles. The van der Waals surface area contributed by atoms with Crippen LogP contribution < -0.4 is 5.73 Å². The van der Waals surface area contributed by atoms with Crippen LogP contribution in [0.25, 0.3) is 28.1 Å². The molecule has 4 rings (SSSR count). The van der Waals surface area contributed by atoms with Crippen LogP contribution in [0.3, 0.4) is 0 Å². The van der Waals surface area contributed by atoms with Gasteiger partial charge in [0.1, 0.15) is 5.52 Å². The van der Waals surface area contributed by atoms with Gasteiger partial charge in [0.25, 0.3) is 0 Å². The van der Waals surface area contributed by atoms with Gasteiger partial charge in [0.05, 0.1) is 0 Å². The van der Waals surface area contributed by atoms with Crippen LogP contribution in [0.1, 0.15) is 24.8 Å². The molecule has 23 heavy (non-hydrogen) atoms. The smallest absolute Gasteiger partial charge is 0.227 e. The SMILES string of the molecule is Cl.NC1CCCC=C1c1ccc(-c2nc3ccccc3o2)cc1. The van der Waals surface area contributed by atoms with Crippen LogP contribution in [0.2, 0.25) is 0 Å². The predicted molar refractivity (Wildman–Crippen MR) is 96.5 cm³/mol. The third-order valence-corrected chi connectivity index (χ3v) is 4.24. The van der Waals surface area contributed by atoms with Gasteiger partial charge in [0.15, 0.2) is 5.58 Å². The molecule has 3 nitrogen and oxygen atoms in total. The summed E-state index contributed by atoms with van der Waals surface area (Å²) in [4.78, 5) is 4.53. The van der Waals surface area contributed by atoms with Crippen LogP contribution in [0.4, 0.5) is 0 Å². The minimum atomic E-state index is 0. The lowest BCUT2D eigenvalue weighted by molar-refractivity contribution is 0.620. The van der Waals surface area contributed by atoms with Gasteiger partial charge in [0, 0.05) is 11.6 Å². The van der Waals surface area contributed by atoms with E-state index in [-0.39, 0.29) is 18.4 Å². The molecule has 0 saturated carbocycles. The number of halogens is 1. The van der Waals surface area contributed by atoms with Crippen molar-refractivity contribution in [2.75, 3.05) is 0 Å². The monoisotopic (exact) mass is 326 g/mol. The fourth-order valence-corrected chi connectivity index (χ4v) is 3.04. The van der Waals surface area contributed by atoms with E-state index in [1.807, 2.05) is 24.3 Å².